The fourth-order valence-electron chi connectivity index (χ4n) is 3.67. The number of H-pyrrole nitrogens is 1. The Morgan fingerprint density at radius 1 is 1.18 bits per heavy atom. The maximum Gasteiger partial charge on any atom is 0.459 e. The summed E-state index contributed by atoms with van der Waals surface area (Å²) in [6.45, 7) is 3.61. The number of benzene rings is 2. The van der Waals surface area contributed by atoms with E-state index in [1.54, 1.807) is 12.1 Å². The van der Waals surface area contributed by atoms with Gasteiger partial charge in [0.1, 0.15) is 18.5 Å². The summed E-state index contributed by atoms with van der Waals surface area (Å²) in [5.74, 6) is -0.286. The zero-order valence-corrected chi connectivity index (χ0v) is 22.6. The highest BCUT2D eigenvalue weighted by atomic mass is 31.2. The molecule has 2 aromatic heterocycles. The summed E-state index contributed by atoms with van der Waals surface area (Å²) in [4.78, 5) is 34.8. The van der Waals surface area contributed by atoms with Crippen LogP contribution in [0, 0.1) is 0 Å². The van der Waals surface area contributed by atoms with E-state index < -0.39 is 25.3 Å². The first-order chi connectivity index (χ1) is 18.8. The lowest BCUT2D eigenvalue weighted by Gasteiger charge is -2.23. The number of nitrogens with two attached hydrogens (primary N) is 1. The van der Waals surface area contributed by atoms with Crippen LogP contribution in [0.4, 0.5) is 5.95 Å². The summed E-state index contributed by atoms with van der Waals surface area (Å²) in [6, 6.07) is 11.8. The molecule has 4 N–H and O–H groups in total. The smallest absolute Gasteiger partial charge is 0.459 e. The molecule has 2 heterocycles. The molecule has 0 saturated heterocycles. The fourth-order valence-corrected chi connectivity index (χ4v) is 5.16. The molecular formula is C25H31N6O7P. The molecule has 13 nitrogen and oxygen atoms in total. The number of rotatable bonds is 14. The van der Waals surface area contributed by atoms with Crippen LogP contribution < -0.4 is 20.9 Å². The van der Waals surface area contributed by atoms with Gasteiger partial charge in [-0.1, -0.05) is 49.7 Å². The Morgan fingerprint density at radius 2 is 1.97 bits per heavy atom. The van der Waals surface area contributed by atoms with Gasteiger partial charge < -0.3 is 19.7 Å². The molecule has 0 saturated carbocycles. The van der Waals surface area contributed by atoms with E-state index >= 15 is 0 Å². The molecule has 0 spiro atoms. The first-order valence-corrected chi connectivity index (χ1v) is 14.0. The van der Waals surface area contributed by atoms with E-state index in [0.29, 0.717) is 5.75 Å². The summed E-state index contributed by atoms with van der Waals surface area (Å²) < 4.78 is 37.7. The molecule has 4 rings (SSSR count). The lowest BCUT2D eigenvalue weighted by molar-refractivity contribution is -0.145. The molecule has 0 aliphatic heterocycles. The normalized spacial score (nSPS) is 13.8. The summed E-state index contributed by atoms with van der Waals surface area (Å²) in [5.41, 5.74) is 5.55. The number of imidazole rings is 1. The number of esters is 1. The van der Waals surface area contributed by atoms with E-state index in [9.17, 15) is 14.2 Å². The number of ether oxygens (including phenoxy) is 2. The number of aromatic nitrogens is 4. The van der Waals surface area contributed by atoms with Gasteiger partial charge in [0.05, 0.1) is 26.1 Å². The number of hydrogen-bond donors (Lipinski definition) is 3. The Morgan fingerprint density at radius 3 is 2.79 bits per heavy atom. The topological polar surface area (TPSA) is 173 Å². The van der Waals surface area contributed by atoms with Crippen molar-refractivity contribution >= 4 is 41.6 Å². The molecule has 1 unspecified atom stereocenters. The van der Waals surface area contributed by atoms with E-state index in [0.717, 1.165) is 23.6 Å². The number of nitrogen functional groups attached to an aromatic ring is 1. The van der Waals surface area contributed by atoms with E-state index in [2.05, 4.69) is 20.0 Å². The molecule has 0 amide bonds. The van der Waals surface area contributed by atoms with Gasteiger partial charge in [-0.25, -0.2) is 9.55 Å². The van der Waals surface area contributed by atoms with E-state index in [-0.39, 0.29) is 43.7 Å². The molecule has 14 heteroatoms. The number of nitrogens with one attached hydrogen (secondary N) is 2. The predicted molar refractivity (Wildman–Crippen MR) is 145 cm³/mol. The minimum Gasteiger partial charge on any atom is -0.465 e. The van der Waals surface area contributed by atoms with Crippen molar-refractivity contribution in [1.82, 2.24) is 24.6 Å². The standard InChI is InChI=1S/C25H31N6O7P/c1-3-4-12-36-24(33)17(2)30-39(34,38-20-11-7-9-18-8-5-6-10-19(18)20)37-14-13-35-16-31-15-27-21-22(31)28-25(26)29-23(21)32/h5-11,15,17H,3-4,12-14,16H2,1-2H3,(H,30,34)(H3,26,28,29,32)/t17-,39?/m0/s1. The highest BCUT2D eigenvalue weighted by Gasteiger charge is 2.32. The summed E-state index contributed by atoms with van der Waals surface area (Å²) in [6.07, 6.45) is 2.99. The van der Waals surface area contributed by atoms with Crippen molar-refractivity contribution < 1.29 is 27.9 Å². The number of unbranched alkanes of at least 4 members (excludes halogenated alkanes) is 1. The Kier molecular flexibility index (Phi) is 9.31. The third-order valence-electron chi connectivity index (χ3n) is 5.63. The van der Waals surface area contributed by atoms with E-state index in [4.69, 9.17) is 24.3 Å². The van der Waals surface area contributed by atoms with Gasteiger partial charge in [0.2, 0.25) is 5.95 Å². The lowest BCUT2D eigenvalue weighted by atomic mass is 10.1. The first kappa shape index (κ1) is 28.2. The Bertz CT molecular complexity index is 1530. The van der Waals surface area contributed by atoms with Gasteiger partial charge >= 0.3 is 13.7 Å². The number of carbonyl (C=O) groups is 1. The Balaban J connectivity index is 1.43. The van der Waals surface area contributed by atoms with Crippen molar-refractivity contribution in [3.63, 3.8) is 0 Å². The molecule has 2 atom stereocenters. The second-order valence-electron chi connectivity index (χ2n) is 8.65. The van der Waals surface area contributed by atoms with Crippen molar-refractivity contribution in [3.8, 4) is 5.75 Å². The fraction of sp³-hybridized carbons (Fsp3) is 0.360. The SMILES string of the molecule is CCCCOC(=O)[C@H](C)NP(=O)(OCCOCn1cnc2c(=O)[nH]c(N)nc21)Oc1cccc2ccccc12. The number of anilines is 1. The number of nitrogens with zero attached hydrogens (tertiary/aromatic N) is 3. The van der Waals surface area contributed by atoms with Crippen LogP contribution in [0.2, 0.25) is 0 Å². The van der Waals surface area contributed by atoms with Crippen molar-refractivity contribution in [1.29, 1.82) is 0 Å². The van der Waals surface area contributed by atoms with Crippen LogP contribution in [-0.2, 0) is 30.1 Å². The molecule has 0 aliphatic carbocycles. The molecule has 0 bridgehead atoms. The summed E-state index contributed by atoms with van der Waals surface area (Å²) in [5, 5.41) is 4.30. The van der Waals surface area contributed by atoms with Crippen LogP contribution in [0.15, 0.2) is 53.6 Å². The first-order valence-electron chi connectivity index (χ1n) is 12.4. The van der Waals surface area contributed by atoms with Crippen molar-refractivity contribution in [2.75, 3.05) is 25.6 Å². The third-order valence-corrected chi connectivity index (χ3v) is 7.29. The van der Waals surface area contributed by atoms with Crippen LogP contribution in [0.5, 0.6) is 5.75 Å². The van der Waals surface area contributed by atoms with Gasteiger partial charge in [-0.15, -0.1) is 0 Å². The molecule has 0 fully saturated rings. The molecular weight excluding hydrogens is 527 g/mol. The van der Waals surface area contributed by atoms with Crippen LogP contribution in [-0.4, -0.2) is 51.4 Å². The quantitative estimate of drug-likeness (QED) is 0.118. The molecule has 39 heavy (non-hydrogen) atoms. The number of aromatic amines is 1. The van der Waals surface area contributed by atoms with Crippen molar-refractivity contribution in [2.45, 2.75) is 39.5 Å². The van der Waals surface area contributed by atoms with Crippen molar-refractivity contribution in [3.05, 3.63) is 59.1 Å². The van der Waals surface area contributed by atoms with Gasteiger partial charge in [-0.05, 0) is 24.8 Å². The predicted octanol–water partition coefficient (Wildman–Crippen LogP) is 3.35. The largest absolute Gasteiger partial charge is 0.465 e. The maximum absolute atomic E-state index is 13.8. The number of hydrogen-bond acceptors (Lipinski definition) is 10. The summed E-state index contributed by atoms with van der Waals surface area (Å²) >= 11 is 0. The van der Waals surface area contributed by atoms with Gasteiger partial charge in [0.25, 0.3) is 5.56 Å². The minimum atomic E-state index is -4.07. The average Bonchev–Trinajstić information content (AvgIpc) is 3.31. The maximum atomic E-state index is 13.8. The molecule has 0 aliphatic rings. The molecule has 4 aromatic rings. The zero-order chi connectivity index (χ0) is 27.8. The van der Waals surface area contributed by atoms with Crippen LogP contribution in [0.1, 0.15) is 26.7 Å². The summed E-state index contributed by atoms with van der Waals surface area (Å²) in [7, 11) is -4.07. The Hall–Kier alpha value is -3.77. The highest BCUT2D eigenvalue weighted by molar-refractivity contribution is 7.52. The number of carbonyl (C=O) groups excluding carboxylic acids is 1. The second kappa shape index (κ2) is 12.9. The average molecular weight is 559 g/mol. The van der Waals surface area contributed by atoms with Crippen LogP contribution in [0.25, 0.3) is 21.9 Å². The lowest BCUT2D eigenvalue weighted by Crippen LogP contribution is -2.35. The second-order valence-corrected chi connectivity index (χ2v) is 10.3. The van der Waals surface area contributed by atoms with E-state index in [1.807, 2.05) is 37.3 Å². The minimum absolute atomic E-state index is 0.00175. The molecule has 0 radical (unpaired) electrons. The third kappa shape index (κ3) is 7.21. The van der Waals surface area contributed by atoms with E-state index in [1.165, 1.54) is 17.8 Å². The van der Waals surface area contributed by atoms with Gasteiger partial charge in [-0.2, -0.15) is 10.1 Å². The van der Waals surface area contributed by atoms with Gasteiger partial charge in [0.15, 0.2) is 11.2 Å². The zero-order valence-electron chi connectivity index (χ0n) is 21.7. The number of fused-ring (bicyclic) bond motifs is 2. The monoisotopic (exact) mass is 558 g/mol. The van der Waals surface area contributed by atoms with Crippen LogP contribution in [0.3, 0.4) is 0 Å². The van der Waals surface area contributed by atoms with Gasteiger partial charge in [0, 0.05) is 5.39 Å². The highest BCUT2D eigenvalue weighted by Crippen LogP contribution is 2.46. The molecule has 208 valence electrons. The van der Waals surface area contributed by atoms with Crippen LogP contribution >= 0.6 is 7.75 Å². The Labute approximate surface area is 224 Å². The molecule has 2 aromatic carbocycles. The van der Waals surface area contributed by atoms with Crippen molar-refractivity contribution in [2.24, 2.45) is 0 Å². The van der Waals surface area contributed by atoms with Gasteiger partial charge in [-0.3, -0.25) is 23.7 Å².